The van der Waals surface area contributed by atoms with Gasteiger partial charge in [0.2, 0.25) is 0 Å². The number of aryl methyl sites for hydroxylation is 2. The van der Waals surface area contributed by atoms with E-state index in [0.717, 1.165) is 84.1 Å². The molecule has 0 amide bonds. The van der Waals surface area contributed by atoms with Crippen molar-refractivity contribution in [3.05, 3.63) is 71.4 Å². The molecular weight excluding hydrogens is 584 g/mol. The average Bonchev–Trinajstić information content (AvgIpc) is 3.72. The molecule has 1 atom stereocenters. The summed E-state index contributed by atoms with van der Waals surface area (Å²) in [4.78, 5) is 15.2. The van der Waals surface area contributed by atoms with E-state index in [0.29, 0.717) is 5.56 Å². The molecule has 3 aromatic carbocycles. The molecule has 0 bridgehead atoms. The highest BCUT2D eigenvalue weighted by Gasteiger charge is 2.36. The highest BCUT2D eigenvalue weighted by atomic mass is 32.1. The van der Waals surface area contributed by atoms with E-state index in [4.69, 9.17) is 4.74 Å². The molecule has 45 heavy (non-hydrogen) atoms. The topological polar surface area (TPSA) is 98.3 Å². The molecule has 0 unspecified atom stereocenters. The quantitative estimate of drug-likeness (QED) is 0.207. The van der Waals surface area contributed by atoms with E-state index in [1.54, 1.807) is 11.3 Å². The highest BCUT2D eigenvalue weighted by Crippen LogP contribution is 2.49. The summed E-state index contributed by atoms with van der Waals surface area (Å²) in [6.45, 7) is 11.3. The number of carboxylic acids is 1. The van der Waals surface area contributed by atoms with Gasteiger partial charge in [-0.3, -0.25) is 4.68 Å². The minimum atomic E-state index is -1.15. The summed E-state index contributed by atoms with van der Waals surface area (Å²) < 4.78 is 10.5. The lowest BCUT2D eigenvalue weighted by Gasteiger charge is -2.34. The van der Waals surface area contributed by atoms with Gasteiger partial charge in [-0.2, -0.15) is 5.10 Å². The van der Waals surface area contributed by atoms with Crippen molar-refractivity contribution >= 4 is 44.8 Å². The first kappa shape index (κ1) is 29.2. The van der Waals surface area contributed by atoms with Crippen molar-refractivity contribution in [1.82, 2.24) is 24.5 Å². The molecular formula is C35H36N6O3S. The summed E-state index contributed by atoms with van der Waals surface area (Å²) >= 11 is 1.56. The van der Waals surface area contributed by atoms with Crippen LogP contribution in [0, 0.1) is 13.8 Å². The normalized spacial score (nSPS) is 14.1. The van der Waals surface area contributed by atoms with Crippen molar-refractivity contribution in [2.45, 2.75) is 52.9 Å². The predicted molar refractivity (Wildman–Crippen MR) is 180 cm³/mol. The first-order chi connectivity index (χ1) is 21.4. The lowest BCUT2D eigenvalue weighted by atomic mass is 9.87. The molecule has 0 spiro atoms. The maximum Gasteiger partial charge on any atom is 0.337 e. The number of ether oxygens (including phenoxy) is 1. The van der Waals surface area contributed by atoms with Gasteiger partial charge in [0.1, 0.15) is 5.01 Å². The zero-order valence-electron chi connectivity index (χ0n) is 26.5. The summed E-state index contributed by atoms with van der Waals surface area (Å²) in [5.41, 5.74) is 9.01. The van der Waals surface area contributed by atoms with Crippen LogP contribution in [0.5, 0.6) is 0 Å². The van der Waals surface area contributed by atoms with Crippen LogP contribution in [0.2, 0.25) is 0 Å². The molecule has 7 rings (SSSR count). The van der Waals surface area contributed by atoms with Crippen LogP contribution < -0.4 is 4.90 Å². The summed E-state index contributed by atoms with van der Waals surface area (Å²) in [5, 5.41) is 28.0. The van der Waals surface area contributed by atoms with Crippen LogP contribution >= 0.6 is 11.3 Å². The van der Waals surface area contributed by atoms with Gasteiger partial charge in [0.05, 0.1) is 34.2 Å². The Bertz CT molecular complexity index is 2120. The number of nitrogens with zero attached hydrogens (tertiary/aromatic N) is 6. The first-order valence-corrected chi connectivity index (χ1v) is 15.9. The first-order valence-electron chi connectivity index (χ1n) is 15.1. The Morgan fingerprint density at radius 1 is 0.978 bits per heavy atom. The van der Waals surface area contributed by atoms with Crippen LogP contribution in [0.4, 0.5) is 5.69 Å². The monoisotopic (exact) mass is 620 g/mol. The van der Waals surface area contributed by atoms with Crippen molar-refractivity contribution < 1.29 is 14.6 Å². The van der Waals surface area contributed by atoms with Crippen LogP contribution in [-0.4, -0.2) is 54.8 Å². The largest absolute Gasteiger partial charge is 0.479 e. The number of carboxylic acid groups (broad SMARTS) is 1. The third kappa shape index (κ3) is 4.89. The van der Waals surface area contributed by atoms with E-state index in [-0.39, 0.29) is 0 Å². The highest BCUT2D eigenvalue weighted by molar-refractivity contribution is 7.17. The fourth-order valence-electron chi connectivity index (χ4n) is 6.56. The molecule has 1 aliphatic rings. The number of carbonyl (C=O) groups is 1. The van der Waals surface area contributed by atoms with Gasteiger partial charge >= 0.3 is 5.97 Å². The fourth-order valence-corrected chi connectivity index (χ4v) is 7.42. The molecule has 1 aliphatic heterocycles. The van der Waals surface area contributed by atoms with Gasteiger partial charge in [0.15, 0.2) is 11.1 Å². The number of fused-ring (bicyclic) bond motifs is 1. The Balaban J connectivity index is 1.49. The Hall–Kier alpha value is -4.54. The van der Waals surface area contributed by atoms with Gasteiger partial charge in [0, 0.05) is 49.1 Å². The van der Waals surface area contributed by atoms with Crippen LogP contribution in [0.25, 0.3) is 54.2 Å². The van der Waals surface area contributed by atoms with Crippen molar-refractivity contribution in [3.8, 4) is 32.4 Å². The van der Waals surface area contributed by atoms with E-state index in [9.17, 15) is 9.90 Å². The Morgan fingerprint density at radius 2 is 1.69 bits per heavy atom. The SMILES string of the molecule is Cc1ccc(-c2c([C@H](OC(C)(C)C)C(=O)O)c(C)c3c4c2cc(-c2nnc(-c5ccc6c(cnn6C)c5)s2)n4CCN3C)cc1. The lowest BCUT2D eigenvalue weighted by Crippen LogP contribution is -2.31. The molecule has 3 aromatic heterocycles. The molecule has 6 aromatic rings. The molecule has 10 heteroatoms. The molecule has 0 fully saturated rings. The number of likely N-dealkylation sites (N-methyl/N-ethyl adjacent to an activating group) is 1. The van der Waals surface area contributed by atoms with Crippen molar-refractivity contribution in [2.24, 2.45) is 7.05 Å². The second kappa shape index (κ2) is 10.5. The number of hydrogen-bond acceptors (Lipinski definition) is 7. The lowest BCUT2D eigenvalue weighted by molar-refractivity contribution is -0.160. The molecule has 230 valence electrons. The second-order valence-corrected chi connectivity index (χ2v) is 13.9. The van der Waals surface area contributed by atoms with Crippen LogP contribution in [0.15, 0.2) is 54.7 Å². The number of aliphatic carboxylic acids is 1. The van der Waals surface area contributed by atoms with E-state index in [1.165, 1.54) is 0 Å². The molecule has 0 radical (unpaired) electrons. The zero-order chi connectivity index (χ0) is 31.8. The maximum atomic E-state index is 12.9. The van der Waals surface area contributed by atoms with Crippen molar-refractivity contribution in [2.75, 3.05) is 18.5 Å². The van der Waals surface area contributed by atoms with Gasteiger partial charge in [0.25, 0.3) is 0 Å². The van der Waals surface area contributed by atoms with Crippen molar-refractivity contribution in [1.29, 1.82) is 0 Å². The number of anilines is 1. The van der Waals surface area contributed by atoms with E-state index >= 15 is 0 Å². The third-order valence-electron chi connectivity index (χ3n) is 8.60. The number of hydrogen-bond donors (Lipinski definition) is 1. The summed E-state index contributed by atoms with van der Waals surface area (Å²) in [6.07, 6.45) is 0.711. The molecule has 0 saturated carbocycles. The minimum absolute atomic E-state index is 0.670. The van der Waals surface area contributed by atoms with E-state index < -0.39 is 17.7 Å². The predicted octanol–water partition coefficient (Wildman–Crippen LogP) is 7.39. The zero-order valence-corrected chi connectivity index (χ0v) is 27.4. The number of rotatable bonds is 6. The van der Waals surface area contributed by atoms with Gasteiger partial charge in [-0.1, -0.05) is 41.2 Å². The molecule has 1 N–H and O–H groups in total. The van der Waals surface area contributed by atoms with Crippen LogP contribution in [0.3, 0.4) is 0 Å². The average molecular weight is 621 g/mol. The summed E-state index contributed by atoms with van der Waals surface area (Å²) in [5.74, 6) is -1.01. The third-order valence-corrected chi connectivity index (χ3v) is 9.59. The second-order valence-electron chi connectivity index (χ2n) is 12.9. The van der Waals surface area contributed by atoms with Gasteiger partial charge in [-0.15, -0.1) is 10.2 Å². The Kier molecular flexibility index (Phi) is 6.83. The molecule has 0 saturated heterocycles. The molecule has 9 nitrogen and oxygen atoms in total. The van der Waals surface area contributed by atoms with Crippen LogP contribution in [0.1, 0.15) is 43.6 Å². The van der Waals surface area contributed by atoms with E-state index in [2.05, 4.69) is 87.3 Å². The van der Waals surface area contributed by atoms with E-state index in [1.807, 2.05) is 45.6 Å². The smallest absolute Gasteiger partial charge is 0.337 e. The Morgan fingerprint density at radius 3 is 2.40 bits per heavy atom. The summed E-state index contributed by atoms with van der Waals surface area (Å²) in [7, 11) is 4.01. The minimum Gasteiger partial charge on any atom is -0.479 e. The molecule has 0 aliphatic carbocycles. The van der Waals surface area contributed by atoms with Gasteiger partial charge in [-0.05, 0) is 75.6 Å². The maximum absolute atomic E-state index is 12.9. The fraction of sp³-hybridized carbons (Fsp3) is 0.314. The van der Waals surface area contributed by atoms with Gasteiger partial charge in [-0.25, -0.2) is 4.79 Å². The number of aromatic nitrogens is 5. The Labute approximate surface area is 265 Å². The van der Waals surface area contributed by atoms with Crippen molar-refractivity contribution in [3.63, 3.8) is 0 Å². The number of benzene rings is 3. The summed E-state index contributed by atoms with van der Waals surface area (Å²) in [6, 6.07) is 16.7. The van der Waals surface area contributed by atoms with Gasteiger partial charge < -0.3 is 19.3 Å². The molecule has 4 heterocycles. The standard InChI is InChI=1S/C35H36N6O3S/c1-19-8-10-21(11-9-19)28-24-17-26(33-38-37-32(45-33)22-12-13-25-23(16-22)18-36-40(25)7)41-15-14-39(6)29(30(24)41)20(2)27(28)31(34(42)43)44-35(3,4)5/h8-13,16-18,31H,14-15H2,1-7H3,(H,42,43)/t31-/m0/s1. The van der Waals surface area contributed by atoms with Crippen LogP contribution in [-0.2, 0) is 23.1 Å².